The van der Waals surface area contributed by atoms with Gasteiger partial charge in [-0.2, -0.15) is 0 Å². The standard InChI is InChI=1S/C21H23F3N2O3/c22-15-6-5-14(19(24)12-15)11-16(27)13-25-21(28)20(26-7-9-29-10-8-26)17-3-1-2-4-18(17)23/h1-6,12,16,20,27H,7-11,13H2,(H,25,28)/t16-,20+/m0/s1. The molecule has 0 spiro atoms. The molecule has 2 aromatic rings. The number of rotatable bonds is 7. The Morgan fingerprint density at radius 3 is 2.52 bits per heavy atom. The van der Waals surface area contributed by atoms with Crippen molar-refractivity contribution in [2.24, 2.45) is 0 Å². The minimum absolute atomic E-state index is 0.0890. The van der Waals surface area contributed by atoms with Gasteiger partial charge in [0.25, 0.3) is 0 Å². The maximum absolute atomic E-state index is 14.4. The SMILES string of the molecule is O=C(NC[C@@H](O)Cc1ccc(F)cc1F)[C@@H](c1ccccc1F)N1CCOCC1. The van der Waals surface area contributed by atoms with Crippen molar-refractivity contribution < 1.29 is 27.8 Å². The van der Waals surface area contributed by atoms with Crippen LogP contribution in [0, 0.1) is 17.5 Å². The Morgan fingerprint density at radius 1 is 1.10 bits per heavy atom. The summed E-state index contributed by atoms with van der Waals surface area (Å²) in [6.45, 7) is 1.66. The van der Waals surface area contributed by atoms with Gasteiger partial charge in [-0.25, -0.2) is 13.2 Å². The minimum atomic E-state index is -1.08. The van der Waals surface area contributed by atoms with Crippen LogP contribution >= 0.6 is 0 Å². The van der Waals surface area contributed by atoms with Crippen LogP contribution in [0.1, 0.15) is 17.2 Å². The molecule has 0 aliphatic carbocycles. The largest absolute Gasteiger partial charge is 0.391 e. The molecule has 3 rings (SSSR count). The molecule has 5 nitrogen and oxygen atoms in total. The van der Waals surface area contributed by atoms with Crippen molar-refractivity contribution in [2.45, 2.75) is 18.6 Å². The van der Waals surface area contributed by atoms with E-state index >= 15 is 0 Å². The van der Waals surface area contributed by atoms with Gasteiger partial charge in [-0.3, -0.25) is 9.69 Å². The molecule has 29 heavy (non-hydrogen) atoms. The van der Waals surface area contributed by atoms with Gasteiger partial charge in [-0.15, -0.1) is 0 Å². The van der Waals surface area contributed by atoms with Crippen molar-refractivity contribution in [2.75, 3.05) is 32.8 Å². The summed E-state index contributed by atoms with van der Waals surface area (Å²) < 4.78 is 46.4. The molecule has 1 fully saturated rings. The maximum atomic E-state index is 14.4. The van der Waals surface area contributed by atoms with E-state index in [1.807, 2.05) is 4.90 Å². The van der Waals surface area contributed by atoms with Gasteiger partial charge in [0.15, 0.2) is 0 Å². The topological polar surface area (TPSA) is 61.8 Å². The number of halogens is 3. The van der Waals surface area contributed by atoms with E-state index < -0.39 is 35.5 Å². The number of amides is 1. The summed E-state index contributed by atoms with van der Waals surface area (Å²) in [4.78, 5) is 14.7. The third kappa shape index (κ3) is 5.56. The molecular weight excluding hydrogens is 385 g/mol. The number of nitrogens with zero attached hydrogens (tertiary/aromatic N) is 1. The van der Waals surface area contributed by atoms with E-state index in [-0.39, 0.29) is 24.1 Å². The quantitative estimate of drug-likeness (QED) is 0.738. The van der Waals surface area contributed by atoms with Gasteiger partial charge >= 0.3 is 0 Å². The van der Waals surface area contributed by atoms with Crippen LogP contribution in [0.25, 0.3) is 0 Å². The van der Waals surface area contributed by atoms with E-state index in [1.165, 1.54) is 12.1 Å². The fraction of sp³-hybridized carbons (Fsp3) is 0.381. The summed E-state index contributed by atoms with van der Waals surface area (Å²) in [6.07, 6.45) is -1.17. The molecule has 156 valence electrons. The molecule has 0 radical (unpaired) electrons. The summed E-state index contributed by atoms with van der Waals surface area (Å²) in [6, 6.07) is 8.30. The lowest BCUT2D eigenvalue weighted by atomic mass is 10.0. The first kappa shape index (κ1) is 21.3. The van der Waals surface area contributed by atoms with Crippen LogP contribution in [-0.2, 0) is 16.0 Å². The van der Waals surface area contributed by atoms with Crippen LogP contribution in [0.2, 0.25) is 0 Å². The molecule has 0 unspecified atom stereocenters. The van der Waals surface area contributed by atoms with Crippen LogP contribution in [-0.4, -0.2) is 54.9 Å². The second-order valence-electron chi connectivity index (χ2n) is 6.91. The Labute approximate surface area is 167 Å². The van der Waals surface area contributed by atoms with Crippen LogP contribution < -0.4 is 5.32 Å². The van der Waals surface area contributed by atoms with E-state index in [0.29, 0.717) is 26.3 Å². The highest BCUT2D eigenvalue weighted by Crippen LogP contribution is 2.24. The molecule has 0 saturated carbocycles. The molecule has 8 heteroatoms. The van der Waals surface area contributed by atoms with E-state index in [9.17, 15) is 23.1 Å². The van der Waals surface area contributed by atoms with Gasteiger partial charge in [-0.1, -0.05) is 24.3 Å². The molecule has 1 heterocycles. The number of ether oxygens (including phenoxy) is 1. The Hall–Kier alpha value is -2.42. The van der Waals surface area contributed by atoms with E-state index in [2.05, 4.69) is 5.32 Å². The molecule has 2 N–H and O–H groups in total. The third-order valence-electron chi connectivity index (χ3n) is 4.84. The minimum Gasteiger partial charge on any atom is -0.391 e. The monoisotopic (exact) mass is 408 g/mol. The predicted molar refractivity (Wildman–Crippen MR) is 101 cm³/mol. The van der Waals surface area contributed by atoms with E-state index in [1.54, 1.807) is 18.2 Å². The van der Waals surface area contributed by atoms with Crippen molar-refractivity contribution in [3.05, 3.63) is 71.0 Å². The van der Waals surface area contributed by atoms with Crippen LogP contribution in [0.15, 0.2) is 42.5 Å². The van der Waals surface area contributed by atoms with E-state index in [4.69, 9.17) is 4.74 Å². The average molecular weight is 408 g/mol. The lowest BCUT2D eigenvalue weighted by molar-refractivity contribution is -0.129. The second kappa shape index (κ2) is 9.87. The molecule has 1 saturated heterocycles. The second-order valence-corrected chi connectivity index (χ2v) is 6.91. The van der Waals surface area contributed by atoms with Crippen LogP contribution in [0.5, 0.6) is 0 Å². The number of aliphatic hydroxyl groups is 1. The smallest absolute Gasteiger partial charge is 0.242 e. The number of carbonyl (C=O) groups is 1. The lowest BCUT2D eigenvalue weighted by Gasteiger charge is -2.34. The molecule has 1 aliphatic rings. The number of carbonyl (C=O) groups excluding carboxylic acids is 1. The Balaban J connectivity index is 1.67. The van der Waals surface area contributed by atoms with Crippen LogP contribution in [0.4, 0.5) is 13.2 Å². The molecular formula is C21H23F3N2O3. The molecule has 0 bridgehead atoms. The number of aliphatic hydroxyl groups excluding tert-OH is 1. The van der Waals surface area contributed by atoms with Crippen molar-refractivity contribution in [1.29, 1.82) is 0 Å². The van der Waals surface area contributed by atoms with Gasteiger partial charge in [0, 0.05) is 37.7 Å². The molecule has 0 aromatic heterocycles. The summed E-state index contributed by atoms with van der Waals surface area (Å²) in [7, 11) is 0. The zero-order valence-electron chi connectivity index (χ0n) is 15.8. The predicted octanol–water partition coefficient (Wildman–Crippen LogP) is 2.20. The summed E-state index contributed by atoms with van der Waals surface area (Å²) in [5, 5.41) is 12.8. The highest BCUT2D eigenvalue weighted by Gasteiger charge is 2.31. The highest BCUT2D eigenvalue weighted by molar-refractivity contribution is 5.83. The fourth-order valence-electron chi connectivity index (χ4n) is 3.36. The molecule has 1 amide bonds. The highest BCUT2D eigenvalue weighted by atomic mass is 19.1. The third-order valence-corrected chi connectivity index (χ3v) is 4.84. The number of hydrogen-bond acceptors (Lipinski definition) is 4. The van der Waals surface area contributed by atoms with Gasteiger partial charge in [0.1, 0.15) is 23.5 Å². The number of morpholine rings is 1. The molecule has 1 aliphatic heterocycles. The Kier molecular flexibility index (Phi) is 7.24. The van der Waals surface area contributed by atoms with Crippen LogP contribution in [0.3, 0.4) is 0 Å². The van der Waals surface area contributed by atoms with Crippen molar-refractivity contribution in [3.8, 4) is 0 Å². The van der Waals surface area contributed by atoms with Gasteiger partial charge < -0.3 is 15.2 Å². The molecule has 2 atom stereocenters. The Morgan fingerprint density at radius 2 is 1.83 bits per heavy atom. The summed E-state index contributed by atoms with van der Waals surface area (Å²) >= 11 is 0. The van der Waals surface area contributed by atoms with Crippen molar-refractivity contribution >= 4 is 5.91 Å². The van der Waals surface area contributed by atoms with Gasteiger partial charge in [0.2, 0.25) is 5.91 Å². The maximum Gasteiger partial charge on any atom is 0.242 e. The normalized spacial score (nSPS) is 17.0. The zero-order chi connectivity index (χ0) is 20.8. The van der Waals surface area contributed by atoms with E-state index in [0.717, 1.165) is 12.1 Å². The van der Waals surface area contributed by atoms with Gasteiger partial charge in [0.05, 0.1) is 19.3 Å². The van der Waals surface area contributed by atoms with Crippen molar-refractivity contribution in [3.63, 3.8) is 0 Å². The first-order valence-corrected chi connectivity index (χ1v) is 9.41. The Bertz CT molecular complexity index is 844. The number of benzene rings is 2. The lowest BCUT2D eigenvalue weighted by Crippen LogP contribution is -2.47. The average Bonchev–Trinajstić information content (AvgIpc) is 2.71. The van der Waals surface area contributed by atoms with Crippen molar-refractivity contribution in [1.82, 2.24) is 10.2 Å². The first-order chi connectivity index (χ1) is 14.0. The first-order valence-electron chi connectivity index (χ1n) is 9.41. The molecule has 2 aromatic carbocycles. The zero-order valence-corrected chi connectivity index (χ0v) is 15.8. The fourth-order valence-corrected chi connectivity index (χ4v) is 3.36. The number of hydrogen-bond donors (Lipinski definition) is 2. The van der Waals surface area contributed by atoms with Gasteiger partial charge in [-0.05, 0) is 17.7 Å². The summed E-state index contributed by atoms with van der Waals surface area (Å²) in [5.74, 6) is -2.41. The number of nitrogens with one attached hydrogen (secondary N) is 1. The summed E-state index contributed by atoms with van der Waals surface area (Å²) in [5.41, 5.74) is 0.387.